The predicted octanol–water partition coefficient (Wildman–Crippen LogP) is 4.06. The zero-order valence-corrected chi connectivity index (χ0v) is 13.8. The number of fused-ring (bicyclic) bond motifs is 1. The van der Waals surface area contributed by atoms with Crippen molar-refractivity contribution in [2.75, 3.05) is 12.4 Å². The number of carbonyl (C=O) groups is 1. The maximum Gasteiger partial charge on any atom is 0.272 e. The van der Waals surface area contributed by atoms with E-state index in [0.29, 0.717) is 5.69 Å². The molecular formula is C19H20N2O2. The molecule has 0 aliphatic rings. The van der Waals surface area contributed by atoms with Gasteiger partial charge in [-0.3, -0.25) is 4.79 Å². The maximum absolute atomic E-state index is 12.6. The summed E-state index contributed by atoms with van der Waals surface area (Å²) in [6.07, 6.45) is 0. The van der Waals surface area contributed by atoms with Gasteiger partial charge in [0.1, 0.15) is 11.4 Å². The second-order valence-corrected chi connectivity index (χ2v) is 5.79. The molecule has 0 fully saturated rings. The van der Waals surface area contributed by atoms with Gasteiger partial charge in [0.05, 0.1) is 7.11 Å². The van der Waals surface area contributed by atoms with Gasteiger partial charge in [0, 0.05) is 29.7 Å². The Morgan fingerprint density at radius 1 is 1.09 bits per heavy atom. The van der Waals surface area contributed by atoms with Crippen molar-refractivity contribution in [2.45, 2.75) is 13.8 Å². The fraction of sp³-hybridized carbons (Fsp3) is 0.211. The molecular weight excluding hydrogens is 288 g/mol. The van der Waals surface area contributed by atoms with Crippen molar-refractivity contribution in [1.29, 1.82) is 0 Å². The van der Waals surface area contributed by atoms with Crippen LogP contribution in [-0.4, -0.2) is 17.6 Å². The number of nitrogens with zero attached hydrogens (tertiary/aromatic N) is 1. The van der Waals surface area contributed by atoms with Crippen LogP contribution >= 0.6 is 0 Å². The number of ether oxygens (including phenoxy) is 1. The number of benzene rings is 2. The molecule has 0 aliphatic heterocycles. The third-order valence-electron chi connectivity index (χ3n) is 4.10. The SMILES string of the molecule is COc1cc(NC(=O)c2cc3cc(C)ccc3n2C)ccc1C. The number of hydrogen-bond acceptors (Lipinski definition) is 2. The summed E-state index contributed by atoms with van der Waals surface area (Å²) in [7, 11) is 3.53. The summed E-state index contributed by atoms with van der Waals surface area (Å²) in [5.74, 6) is 0.628. The summed E-state index contributed by atoms with van der Waals surface area (Å²) < 4.78 is 7.21. The van der Waals surface area contributed by atoms with Crippen molar-refractivity contribution < 1.29 is 9.53 Å². The fourth-order valence-corrected chi connectivity index (χ4v) is 2.78. The third kappa shape index (κ3) is 2.80. The first-order chi connectivity index (χ1) is 11.0. The molecule has 0 spiro atoms. The third-order valence-corrected chi connectivity index (χ3v) is 4.10. The number of aromatic nitrogens is 1. The summed E-state index contributed by atoms with van der Waals surface area (Å²) in [6, 6.07) is 13.7. The minimum absolute atomic E-state index is 0.132. The minimum atomic E-state index is -0.132. The second-order valence-electron chi connectivity index (χ2n) is 5.79. The molecule has 0 saturated carbocycles. The van der Waals surface area contributed by atoms with Crippen LogP contribution in [0.1, 0.15) is 21.6 Å². The Morgan fingerprint density at radius 3 is 2.61 bits per heavy atom. The normalized spacial score (nSPS) is 10.8. The number of methoxy groups -OCH3 is 1. The quantitative estimate of drug-likeness (QED) is 0.793. The van der Waals surface area contributed by atoms with Crippen LogP contribution in [0.4, 0.5) is 5.69 Å². The first-order valence-corrected chi connectivity index (χ1v) is 7.51. The number of amides is 1. The standard InChI is InChI=1S/C19H20N2O2/c1-12-5-8-16-14(9-12)10-17(21(16)3)19(22)20-15-7-6-13(2)18(11-15)23-4/h5-11H,1-4H3,(H,20,22). The van der Waals surface area contributed by atoms with Gasteiger partial charge < -0.3 is 14.6 Å². The zero-order valence-electron chi connectivity index (χ0n) is 13.8. The van der Waals surface area contributed by atoms with Crippen molar-refractivity contribution in [2.24, 2.45) is 7.05 Å². The number of aryl methyl sites for hydroxylation is 3. The van der Waals surface area contributed by atoms with E-state index in [1.54, 1.807) is 7.11 Å². The van der Waals surface area contributed by atoms with Gasteiger partial charge in [-0.2, -0.15) is 0 Å². The Bertz CT molecular complexity index is 894. The second kappa shape index (κ2) is 5.80. The highest BCUT2D eigenvalue weighted by atomic mass is 16.5. The van der Waals surface area contributed by atoms with Gasteiger partial charge in [0.25, 0.3) is 5.91 Å². The van der Waals surface area contributed by atoms with E-state index in [1.165, 1.54) is 5.56 Å². The lowest BCUT2D eigenvalue weighted by Crippen LogP contribution is -2.15. The number of nitrogens with one attached hydrogen (secondary N) is 1. The Morgan fingerprint density at radius 2 is 1.87 bits per heavy atom. The maximum atomic E-state index is 12.6. The molecule has 1 amide bonds. The van der Waals surface area contributed by atoms with Crippen molar-refractivity contribution in [3.8, 4) is 5.75 Å². The lowest BCUT2D eigenvalue weighted by atomic mass is 10.2. The number of anilines is 1. The molecule has 0 unspecified atom stereocenters. The van der Waals surface area contributed by atoms with Crippen LogP contribution in [0.5, 0.6) is 5.75 Å². The average molecular weight is 308 g/mol. The van der Waals surface area contributed by atoms with E-state index >= 15 is 0 Å². The number of rotatable bonds is 3. The molecule has 118 valence electrons. The molecule has 2 aromatic carbocycles. The van der Waals surface area contributed by atoms with Gasteiger partial charge >= 0.3 is 0 Å². The number of carbonyl (C=O) groups excluding carboxylic acids is 1. The highest BCUT2D eigenvalue weighted by Gasteiger charge is 2.14. The largest absolute Gasteiger partial charge is 0.496 e. The lowest BCUT2D eigenvalue weighted by Gasteiger charge is -2.10. The van der Waals surface area contributed by atoms with E-state index in [2.05, 4.69) is 17.4 Å². The van der Waals surface area contributed by atoms with Crippen molar-refractivity contribution in [1.82, 2.24) is 4.57 Å². The monoisotopic (exact) mass is 308 g/mol. The van der Waals surface area contributed by atoms with E-state index < -0.39 is 0 Å². The molecule has 1 heterocycles. The molecule has 4 nitrogen and oxygen atoms in total. The van der Waals surface area contributed by atoms with E-state index in [1.807, 2.05) is 55.8 Å². The summed E-state index contributed by atoms with van der Waals surface area (Å²) in [6.45, 7) is 4.02. The minimum Gasteiger partial charge on any atom is -0.496 e. The van der Waals surface area contributed by atoms with Crippen molar-refractivity contribution >= 4 is 22.5 Å². The Balaban J connectivity index is 1.93. The van der Waals surface area contributed by atoms with Gasteiger partial charge in [-0.25, -0.2) is 0 Å². The molecule has 0 atom stereocenters. The van der Waals surface area contributed by atoms with E-state index in [0.717, 1.165) is 27.9 Å². The van der Waals surface area contributed by atoms with Crippen LogP contribution in [0.25, 0.3) is 10.9 Å². The Labute approximate surface area is 135 Å². The first-order valence-electron chi connectivity index (χ1n) is 7.51. The molecule has 23 heavy (non-hydrogen) atoms. The summed E-state index contributed by atoms with van der Waals surface area (Å²) in [4.78, 5) is 12.6. The lowest BCUT2D eigenvalue weighted by molar-refractivity contribution is 0.102. The molecule has 0 aliphatic carbocycles. The molecule has 1 N–H and O–H groups in total. The van der Waals surface area contributed by atoms with Gasteiger partial charge in [-0.15, -0.1) is 0 Å². The molecule has 0 saturated heterocycles. The van der Waals surface area contributed by atoms with Crippen molar-refractivity contribution in [3.05, 3.63) is 59.3 Å². The molecule has 1 aromatic heterocycles. The van der Waals surface area contributed by atoms with Crippen molar-refractivity contribution in [3.63, 3.8) is 0 Å². The summed E-state index contributed by atoms with van der Waals surface area (Å²) in [5.41, 5.74) is 4.61. The highest BCUT2D eigenvalue weighted by Crippen LogP contribution is 2.24. The van der Waals surface area contributed by atoms with Crippen LogP contribution in [0, 0.1) is 13.8 Å². The number of hydrogen-bond donors (Lipinski definition) is 1. The zero-order chi connectivity index (χ0) is 16.6. The Kier molecular flexibility index (Phi) is 3.82. The summed E-state index contributed by atoms with van der Waals surface area (Å²) in [5, 5.41) is 4.01. The van der Waals surface area contributed by atoms with Crippen LogP contribution in [0.2, 0.25) is 0 Å². The topological polar surface area (TPSA) is 43.3 Å². The van der Waals surface area contributed by atoms with E-state index in [9.17, 15) is 4.79 Å². The first kappa shape index (κ1) is 15.2. The van der Waals surface area contributed by atoms with Crippen LogP contribution in [-0.2, 0) is 7.05 Å². The van der Waals surface area contributed by atoms with Gasteiger partial charge in [-0.1, -0.05) is 17.7 Å². The Hall–Kier alpha value is -2.75. The average Bonchev–Trinajstić information content (AvgIpc) is 2.85. The molecule has 0 bridgehead atoms. The molecule has 4 heteroatoms. The van der Waals surface area contributed by atoms with Gasteiger partial charge in [0.15, 0.2) is 0 Å². The van der Waals surface area contributed by atoms with Gasteiger partial charge in [0.2, 0.25) is 0 Å². The van der Waals surface area contributed by atoms with E-state index in [4.69, 9.17) is 4.74 Å². The van der Waals surface area contributed by atoms with Crippen LogP contribution < -0.4 is 10.1 Å². The van der Waals surface area contributed by atoms with Crippen LogP contribution in [0.3, 0.4) is 0 Å². The molecule has 3 rings (SSSR count). The fourth-order valence-electron chi connectivity index (χ4n) is 2.78. The summed E-state index contributed by atoms with van der Waals surface area (Å²) >= 11 is 0. The molecule has 3 aromatic rings. The van der Waals surface area contributed by atoms with Gasteiger partial charge in [-0.05, 0) is 43.7 Å². The predicted molar refractivity (Wildman–Crippen MR) is 93.3 cm³/mol. The van der Waals surface area contributed by atoms with Crippen LogP contribution in [0.15, 0.2) is 42.5 Å². The highest BCUT2D eigenvalue weighted by molar-refractivity contribution is 6.06. The van der Waals surface area contributed by atoms with E-state index in [-0.39, 0.29) is 5.91 Å². The smallest absolute Gasteiger partial charge is 0.272 e. The molecule has 0 radical (unpaired) electrons.